The van der Waals surface area contributed by atoms with Gasteiger partial charge >= 0.3 is 0 Å². The van der Waals surface area contributed by atoms with Crippen molar-refractivity contribution in [1.82, 2.24) is 4.98 Å². The first-order chi connectivity index (χ1) is 6.66. The van der Waals surface area contributed by atoms with Crippen LogP contribution in [0.15, 0.2) is 30.3 Å². The van der Waals surface area contributed by atoms with E-state index in [1.807, 2.05) is 19.1 Å². The predicted molar refractivity (Wildman–Crippen MR) is 51.4 cm³/mol. The molecule has 0 unspecified atom stereocenters. The van der Waals surface area contributed by atoms with E-state index in [2.05, 4.69) is 4.98 Å². The number of rotatable bonds is 1. The van der Waals surface area contributed by atoms with Crippen molar-refractivity contribution >= 4 is 10.9 Å². The Bertz CT molecular complexity index is 466. The van der Waals surface area contributed by atoms with E-state index in [4.69, 9.17) is 0 Å². The van der Waals surface area contributed by atoms with Crippen LogP contribution in [0.5, 0.6) is 0 Å². The molecule has 3 heteroatoms. The van der Waals surface area contributed by atoms with Crippen molar-refractivity contribution in [2.45, 2.75) is 13.3 Å². The maximum absolute atomic E-state index is 12.4. The Hall–Kier alpha value is -1.51. The minimum atomic E-state index is -2.43. The van der Waals surface area contributed by atoms with Gasteiger partial charge in [0.1, 0.15) is 0 Å². The van der Waals surface area contributed by atoms with Crippen LogP contribution in [0.25, 0.3) is 10.9 Å². The number of aromatic nitrogens is 1. The van der Waals surface area contributed by atoms with Gasteiger partial charge in [0.05, 0.1) is 5.52 Å². The number of aryl methyl sites for hydroxylation is 1. The molecule has 1 aromatic heterocycles. The molecular formula is C11H9F2N. The third-order valence-electron chi connectivity index (χ3n) is 2.11. The standard InChI is InChI=1S/C11H9F2N/c1-7-2-3-8-4-5-9(11(12)13)6-10(8)14-7/h2-6,11H,1H3. The van der Waals surface area contributed by atoms with Crippen molar-refractivity contribution < 1.29 is 8.78 Å². The average Bonchev–Trinajstić information content (AvgIpc) is 2.16. The third kappa shape index (κ3) is 1.58. The first-order valence-corrected chi connectivity index (χ1v) is 4.32. The highest BCUT2D eigenvalue weighted by molar-refractivity contribution is 5.79. The van der Waals surface area contributed by atoms with Crippen molar-refractivity contribution in [1.29, 1.82) is 0 Å². The fourth-order valence-electron chi connectivity index (χ4n) is 1.37. The lowest BCUT2D eigenvalue weighted by Crippen LogP contribution is -1.87. The Morgan fingerprint density at radius 3 is 2.57 bits per heavy atom. The Balaban J connectivity index is 2.63. The molecule has 2 aromatic rings. The van der Waals surface area contributed by atoms with Gasteiger partial charge in [-0.05, 0) is 19.1 Å². The quantitative estimate of drug-likeness (QED) is 0.675. The number of halogens is 2. The molecule has 0 saturated heterocycles. The zero-order valence-corrected chi connectivity index (χ0v) is 7.67. The van der Waals surface area contributed by atoms with Crippen molar-refractivity contribution in [2.24, 2.45) is 0 Å². The van der Waals surface area contributed by atoms with Gasteiger partial charge < -0.3 is 0 Å². The summed E-state index contributed by atoms with van der Waals surface area (Å²) in [6, 6.07) is 8.29. The molecule has 0 amide bonds. The molecule has 14 heavy (non-hydrogen) atoms. The van der Waals surface area contributed by atoms with Gasteiger partial charge in [0.25, 0.3) is 6.43 Å². The molecule has 0 aliphatic rings. The molecule has 0 saturated carbocycles. The van der Waals surface area contributed by atoms with E-state index >= 15 is 0 Å². The van der Waals surface area contributed by atoms with E-state index in [0.29, 0.717) is 5.52 Å². The van der Waals surface area contributed by atoms with Crippen LogP contribution in [-0.2, 0) is 0 Å². The van der Waals surface area contributed by atoms with Gasteiger partial charge in [0.2, 0.25) is 0 Å². The fraction of sp³-hybridized carbons (Fsp3) is 0.182. The Labute approximate surface area is 80.4 Å². The third-order valence-corrected chi connectivity index (χ3v) is 2.11. The lowest BCUT2D eigenvalue weighted by molar-refractivity contribution is 0.151. The monoisotopic (exact) mass is 193 g/mol. The second-order valence-electron chi connectivity index (χ2n) is 3.21. The number of hydrogen-bond donors (Lipinski definition) is 0. The highest BCUT2D eigenvalue weighted by Gasteiger charge is 2.07. The summed E-state index contributed by atoms with van der Waals surface area (Å²) in [5, 5.41) is 0.889. The minimum Gasteiger partial charge on any atom is -0.253 e. The Morgan fingerprint density at radius 2 is 1.86 bits per heavy atom. The second kappa shape index (κ2) is 3.33. The van der Waals surface area contributed by atoms with Gasteiger partial charge in [0.15, 0.2) is 0 Å². The lowest BCUT2D eigenvalue weighted by Gasteiger charge is -2.02. The smallest absolute Gasteiger partial charge is 0.253 e. The molecule has 1 heterocycles. The summed E-state index contributed by atoms with van der Waals surface area (Å²) in [5.74, 6) is 0. The molecular weight excluding hydrogens is 184 g/mol. The Morgan fingerprint density at radius 1 is 1.14 bits per heavy atom. The van der Waals surface area contributed by atoms with Gasteiger partial charge in [-0.25, -0.2) is 8.78 Å². The van der Waals surface area contributed by atoms with Crippen molar-refractivity contribution in [3.63, 3.8) is 0 Å². The lowest BCUT2D eigenvalue weighted by atomic mass is 10.1. The molecule has 0 radical (unpaired) electrons. The summed E-state index contributed by atoms with van der Waals surface area (Å²) in [6.07, 6.45) is -2.43. The molecule has 0 fully saturated rings. The number of pyridine rings is 1. The van der Waals surface area contributed by atoms with Crippen LogP contribution < -0.4 is 0 Å². The number of fused-ring (bicyclic) bond motifs is 1. The summed E-state index contributed by atoms with van der Waals surface area (Å²) in [6.45, 7) is 1.84. The van der Waals surface area contributed by atoms with Gasteiger partial charge in [-0.1, -0.05) is 18.2 Å². The largest absolute Gasteiger partial charge is 0.263 e. The summed E-state index contributed by atoms with van der Waals surface area (Å²) in [5.41, 5.74) is 1.49. The van der Waals surface area contributed by atoms with Crippen LogP contribution >= 0.6 is 0 Å². The zero-order chi connectivity index (χ0) is 10.1. The molecule has 1 aromatic carbocycles. The Kier molecular flexibility index (Phi) is 2.15. The first kappa shape index (κ1) is 9.06. The van der Waals surface area contributed by atoms with Crippen LogP contribution in [0.2, 0.25) is 0 Å². The number of hydrogen-bond acceptors (Lipinski definition) is 1. The number of benzene rings is 1. The van der Waals surface area contributed by atoms with Crippen molar-refractivity contribution in [3.05, 3.63) is 41.6 Å². The van der Waals surface area contributed by atoms with Crippen LogP contribution in [-0.4, -0.2) is 4.98 Å². The normalized spacial score (nSPS) is 11.1. The fourth-order valence-corrected chi connectivity index (χ4v) is 1.37. The van der Waals surface area contributed by atoms with Crippen molar-refractivity contribution in [2.75, 3.05) is 0 Å². The molecule has 0 aliphatic carbocycles. The molecule has 0 aliphatic heterocycles. The first-order valence-electron chi connectivity index (χ1n) is 4.32. The van der Waals surface area contributed by atoms with Crippen LogP contribution in [0.1, 0.15) is 17.7 Å². The van der Waals surface area contributed by atoms with Gasteiger partial charge in [-0.15, -0.1) is 0 Å². The average molecular weight is 193 g/mol. The summed E-state index contributed by atoms with van der Waals surface area (Å²) < 4.78 is 24.7. The maximum atomic E-state index is 12.4. The molecule has 2 rings (SSSR count). The topological polar surface area (TPSA) is 12.9 Å². The zero-order valence-electron chi connectivity index (χ0n) is 7.67. The molecule has 1 nitrogen and oxygen atoms in total. The van der Waals surface area contributed by atoms with Crippen LogP contribution in [0.3, 0.4) is 0 Å². The minimum absolute atomic E-state index is 0.0237. The molecule has 0 N–H and O–H groups in total. The predicted octanol–water partition coefficient (Wildman–Crippen LogP) is 3.48. The number of nitrogens with zero attached hydrogens (tertiary/aromatic N) is 1. The van der Waals surface area contributed by atoms with Crippen molar-refractivity contribution in [3.8, 4) is 0 Å². The molecule has 0 spiro atoms. The SMILES string of the molecule is Cc1ccc2ccc(C(F)F)cc2n1. The van der Waals surface area contributed by atoms with Gasteiger partial charge in [-0.2, -0.15) is 0 Å². The molecule has 0 bridgehead atoms. The summed E-state index contributed by atoms with van der Waals surface area (Å²) in [7, 11) is 0. The molecule has 72 valence electrons. The van der Waals surface area contributed by atoms with E-state index < -0.39 is 6.43 Å². The number of alkyl halides is 2. The van der Waals surface area contributed by atoms with Gasteiger partial charge in [-0.3, -0.25) is 4.98 Å². The second-order valence-corrected chi connectivity index (χ2v) is 3.21. The van der Waals surface area contributed by atoms with Gasteiger partial charge in [0, 0.05) is 16.6 Å². The van der Waals surface area contributed by atoms with E-state index in [1.165, 1.54) is 12.1 Å². The van der Waals surface area contributed by atoms with Crippen LogP contribution in [0.4, 0.5) is 8.78 Å². The van der Waals surface area contributed by atoms with E-state index in [-0.39, 0.29) is 5.56 Å². The van der Waals surface area contributed by atoms with E-state index in [0.717, 1.165) is 11.1 Å². The maximum Gasteiger partial charge on any atom is 0.263 e. The summed E-state index contributed by atoms with van der Waals surface area (Å²) in [4.78, 5) is 4.19. The summed E-state index contributed by atoms with van der Waals surface area (Å²) >= 11 is 0. The van der Waals surface area contributed by atoms with E-state index in [1.54, 1.807) is 6.07 Å². The highest BCUT2D eigenvalue weighted by atomic mass is 19.3. The van der Waals surface area contributed by atoms with Crippen LogP contribution in [0, 0.1) is 6.92 Å². The molecule has 0 atom stereocenters. The highest BCUT2D eigenvalue weighted by Crippen LogP contribution is 2.22. The van der Waals surface area contributed by atoms with E-state index in [9.17, 15) is 8.78 Å².